The molecule has 1 aromatic carbocycles. The van der Waals surface area contributed by atoms with E-state index in [9.17, 15) is 28.1 Å². The van der Waals surface area contributed by atoms with Crippen LogP contribution < -0.4 is 5.32 Å². The van der Waals surface area contributed by atoms with Crippen LogP contribution in [0.25, 0.3) is 0 Å². The molecule has 3 rings (SSSR count). The lowest BCUT2D eigenvalue weighted by Crippen LogP contribution is -2.25. The average molecular weight is 382 g/mol. The van der Waals surface area contributed by atoms with Crippen molar-refractivity contribution in [1.29, 1.82) is 0 Å². The molecule has 1 aromatic heterocycles. The zero-order chi connectivity index (χ0) is 19.6. The van der Waals surface area contributed by atoms with Crippen LogP contribution in [0.2, 0.25) is 0 Å². The molecule has 1 N–H and O–H groups in total. The summed E-state index contributed by atoms with van der Waals surface area (Å²) in [6.07, 6.45) is -2.34. The Bertz CT molecular complexity index is 842. The molecule has 2 aromatic rings. The number of alkyl halides is 3. The van der Waals surface area contributed by atoms with Gasteiger partial charge in [-0.15, -0.1) is 0 Å². The molecular formula is C17H17F3N4O3. The third kappa shape index (κ3) is 4.63. The summed E-state index contributed by atoms with van der Waals surface area (Å²) < 4.78 is 39.9. The van der Waals surface area contributed by atoms with Crippen LogP contribution >= 0.6 is 0 Å². The summed E-state index contributed by atoms with van der Waals surface area (Å²) in [5.41, 5.74) is -0.139. The number of benzene rings is 1. The molecule has 1 amide bonds. The number of non-ortho nitro benzene ring substituents is 1. The maximum absolute atomic E-state index is 12.9. The number of aromatic nitrogens is 2. The third-order valence-corrected chi connectivity index (χ3v) is 4.27. The summed E-state index contributed by atoms with van der Waals surface area (Å²) in [6, 6.07) is 6.27. The number of amides is 1. The number of nitro groups is 1. The van der Waals surface area contributed by atoms with Crippen molar-refractivity contribution in [2.24, 2.45) is 0 Å². The Kier molecular flexibility index (Phi) is 5.15. The van der Waals surface area contributed by atoms with E-state index in [1.165, 1.54) is 28.9 Å². The Morgan fingerprint density at radius 3 is 2.52 bits per heavy atom. The van der Waals surface area contributed by atoms with Crippen molar-refractivity contribution in [3.63, 3.8) is 0 Å². The van der Waals surface area contributed by atoms with E-state index in [4.69, 9.17) is 0 Å². The number of hydrogen-bond donors (Lipinski definition) is 1. The lowest BCUT2D eigenvalue weighted by molar-refractivity contribution is -0.384. The molecule has 1 aliphatic carbocycles. The highest BCUT2D eigenvalue weighted by Gasteiger charge is 2.37. The van der Waals surface area contributed by atoms with E-state index in [2.05, 4.69) is 10.4 Å². The van der Waals surface area contributed by atoms with Crippen molar-refractivity contribution in [1.82, 2.24) is 15.1 Å². The Balaban J connectivity index is 1.53. The van der Waals surface area contributed by atoms with Crippen LogP contribution in [-0.2, 0) is 12.7 Å². The molecule has 144 valence electrons. The van der Waals surface area contributed by atoms with Gasteiger partial charge in [0, 0.05) is 42.4 Å². The standard InChI is InChI=1S/C17H17F3N4O3/c18-17(19,20)15-10-14(11-2-3-11)23(22-15)9-1-8-21-16(25)12-4-6-13(7-5-12)24(26)27/h4-7,10-11H,1-3,8-9H2,(H,21,25). The Hall–Kier alpha value is -2.91. The van der Waals surface area contributed by atoms with E-state index in [0.29, 0.717) is 12.1 Å². The van der Waals surface area contributed by atoms with Crippen LogP contribution in [-0.4, -0.2) is 27.2 Å². The maximum Gasteiger partial charge on any atom is 0.435 e. The number of nitro benzene ring substituents is 1. The van der Waals surface area contributed by atoms with Crippen LogP contribution in [0.3, 0.4) is 0 Å². The van der Waals surface area contributed by atoms with Gasteiger partial charge in [-0.25, -0.2) is 0 Å². The van der Waals surface area contributed by atoms with E-state index < -0.39 is 22.7 Å². The Labute approximate surface area is 152 Å². The van der Waals surface area contributed by atoms with Gasteiger partial charge in [0.2, 0.25) is 0 Å². The van der Waals surface area contributed by atoms with E-state index >= 15 is 0 Å². The van der Waals surface area contributed by atoms with Crippen LogP contribution in [0.5, 0.6) is 0 Å². The van der Waals surface area contributed by atoms with Gasteiger partial charge in [-0.05, 0) is 37.5 Å². The topological polar surface area (TPSA) is 90.1 Å². The minimum absolute atomic E-state index is 0.113. The molecular weight excluding hydrogens is 365 g/mol. The van der Waals surface area contributed by atoms with Crippen LogP contribution in [0.1, 0.15) is 46.9 Å². The second kappa shape index (κ2) is 7.37. The second-order valence-electron chi connectivity index (χ2n) is 6.36. The van der Waals surface area contributed by atoms with Crippen LogP contribution in [0.4, 0.5) is 18.9 Å². The monoisotopic (exact) mass is 382 g/mol. The van der Waals surface area contributed by atoms with Crippen molar-refractivity contribution in [2.75, 3.05) is 6.54 Å². The molecule has 10 heteroatoms. The number of aryl methyl sites for hydroxylation is 1. The predicted octanol–water partition coefficient (Wildman–Crippen LogP) is 3.51. The number of halogens is 3. The smallest absolute Gasteiger partial charge is 0.352 e. The number of carbonyl (C=O) groups excluding carboxylic acids is 1. The van der Waals surface area contributed by atoms with E-state index in [1.54, 1.807) is 0 Å². The van der Waals surface area contributed by atoms with Gasteiger partial charge in [-0.3, -0.25) is 19.6 Å². The van der Waals surface area contributed by atoms with Crippen LogP contribution in [0.15, 0.2) is 30.3 Å². The Morgan fingerprint density at radius 2 is 1.96 bits per heavy atom. The normalized spacial score (nSPS) is 14.2. The van der Waals surface area contributed by atoms with E-state index in [1.807, 2.05) is 0 Å². The van der Waals surface area contributed by atoms with Gasteiger partial charge >= 0.3 is 6.18 Å². The molecule has 0 aliphatic heterocycles. The first-order chi connectivity index (χ1) is 12.8. The highest BCUT2D eigenvalue weighted by molar-refractivity contribution is 5.94. The number of carbonyl (C=O) groups is 1. The molecule has 0 saturated heterocycles. The fourth-order valence-corrected chi connectivity index (χ4v) is 2.72. The number of rotatable bonds is 7. The minimum Gasteiger partial charge on any atom is -0.352 e. The lowest BCUT2D eigenvalue weighted by atomic mass is 10.2. The summed E-state index contributed by atoms with van der Waals surface area (Å²) in [5, 5.41) is 16.9. The van der Waals surface area contributed by atoms with Crippen molar-refractivity contribution in [3.8, 4) is 0 Å². The molecule has 0 atom stereocenters. The minimum atomic E-state index is -4.47. The largest absolute Gasteiger partial charge is 0.435 e. The summed E-state index contributed by atoms with van der Waals surface area (Å²) in [7, 11) is 0. The van der Waals surface area contributed by atoms with Crippen molar-refractivity contribution in [3.05, 3.63) is 57.4 Å². The third-order valence-electron chi connectivity index (χ3n) is 4.27. The van der Waals surface area contributed by atoms with E-state index in [-0.39, 0.29) is 30.3 Å². The van der Waals surface area contributed by atoms with Gasteiger partial charge in [0.1, 0.15) is 0 Å². The first-order valence-corrected chi connectivity index (χ1v) is 8.43. The second-order valence-corrected chi connectivity index (χ2v) is 6.36. The first kappa shape index (κ1) is 18.9. The maximum atomic E-state index is 12.9. The van der Waals surface area contributed by atoms with Gasteiger partial charge < -0.3 is 5.32 Å². The van der Waals surface area contributed by atoms with Crippen molar-refractivity contribution < 1.29 is 22.9 Å². The zero-order valence-electron chi connectivity index (χ0n) is 14.2. The fourth-order valence-electron chi connectivity index (χ4n) is 2.72. The summed E-state index contributed by atoms with van der Waals surface area (Å²) >= 11 is 0. The molecule has 1 aliphatic rings. The highest BCUT2D eigenvalue weighted by atomic mass is 19.4. The average Bonchev–Trinajstić information content (AvgIpc) is 3.37. The fraction of sp³-hybridized carbons (Fsp3) is 0.412. The van der Waals surface area contributed by atoms with Gasteiger partial charge in [0.25, 0.3) is 11.6 Å². The van der Waals surface area contributed by atoms with Gasteiger partial charge in [0.05, 0.1) is 4.92 Å². The molecule has 27 heavy (non-hydrogen) atoms. The summed E-state index contributed by atoms with van der Waals surface area (Å²) in [5.74, 6) is -0.271. The quantitative estimate of drug-likeness (QED) is 0.451. The molecule has 1 heterocycles. The lowest BCUT2D eigenvalue weighted by Gasteiger charge is -2.08. The molecule has 1 saturated carbocycles. The summed E-state index contributed by atoms with van der Waals surface area (Å²) in [6.45, 7) is 0.517. The first-order valence-electron chi connectivity index (χ1n) is 8.43. The SMILES string of the molecule is O=C(NCCCn1nc(C(F)(F)F)cc1C1CC1)c1ccc([N+](=O)[O-])cc1. The van der Waals surface area contributed by atoms with Crippen molar-refractivity contribution >= 4 is 11.6 Å². The summed E-state index contributed by atoms with van der Waals surface area (Å²) in [4.78, 5) is 22.0. The van der Waals surface area contributed by atoms with Gasteiger partial charge in [-0.1, -0.05) is 0 Å². The predicted molar refractivity (Wildman–Crippen MR) is 89.3 cm³/mol. The molecule has 1 fully saturated rings. The number of nitrogens with one attached hydrogen (secondary N) is 1. The van der Waals surface area contributed by atoms with Crippen LogP contribution in [0, 0.1) is 10.1 Å². The van der Waals surface area contributed by atoms with Gasteiger partial charge in [0.15, 0.2) is 5.69 Å². The van der Waals surface area contributed by atoms with Crippen molar-refractivity contribution in [2.45, 2.75) is 37.9 Å². The molecule has 0 radical (unpaired) electrons. The van der Waals surface area contributed by atoms with Gasteiger partial charge in [-0.2, -0.15) is 18.3 Å². The molecule has 0 spiro atoms. The molecule has 7 nitrogen and oxygen atoms in total. The number of hydrogen-bond acceptors (Lipinski definition) is 4. The zero-order valence-corrected chi connectivity index (χ0v) is 14.2. The molecule has 0 unspecified atom stereocenters. The molecule has 0 bridgehead atoms. The van der Waals surface area contributed by atoms with E-state index in [0.717, 1.165) is 18.9 Å². The highest BCUT2D eigenvalue weighted by Crippen LogP contribution is 2.42. The Morgan fingerprint density at radius 1 is 1.30 bits per heavy atom. The number of nitrogens with zero attached hydrogens (tertiary/aromatic N) is 3.